The molecule has 0 unspecified atom stereocenters. The van der Waals surface area contributed by atoms with Crippen LogP contribution in [-0.4, -0.2) is 19.0 Å². The van der Waals surface area contributed by atoms with Crippen molar-refractivity contribution in [2.75, 3.05) is 0 Å². The summed E-state index contributed by atoms with van der Waals surface area (Å²) < 4.78 is 76.3. The summed E-state index contributed by atoms with van der Waals surface area (Å²) in [5.74, 6) is -2.48. The summed E-state index contributed by atoms with van der Waals surface area (Å²) in [5.41, 5.74) is -5.68. The Kier molecular flexibility index (Phi) is 3.66. The first-order valence-electron chi connectivity index (χ1n) is 5.14. The maximum absolute atomic E-state index is 13.4. The predicted octanol–water partition coefficient (Wildman–Crippen LogP) is 3.57. The predicted molar refractivity (Wildman–Crippen MR) is 66.2 cm³/mol. The molecular weight excluding hydrogens is 340 g/mol. The zero-order valence-corrected chi connectivity index (χ0v) is 11.4. The smallest absolute Gasteiger partial charge is 0.508 e. The van der Waals surface area contributed by atoms with Gasteiger partial charge in [-0.2, -0.15) is 21.6 Å². The summed E-state index contributed by atoms with van der Waals surface area (Å²) >= 11 is 5.61. The van der Waals surface area contributed by atoms with Gasteiger partial charge in [-0.1, -0.05) is 17.7 Å². The molecule has 10 heteroatoms. The van der Waals surface area contributed by atoms with Gasteiger partial charge in [0.05, 0.1) is 5.02 Å². The summed E-state index contributed by atoms with van der Waals surface area (Å²) in [7, 11) is -5.98. The maximum atomic E-state index is 13.4. The lowest BCUT2D eigenvalue weighted by molar-refractivity contribution is -0.0499. The third-order valence-electron chi connectivity index (χ3n) is 2.44. The Morgan fingerprint density at radius 2 is 1.81 bits per heavy atom. The molecule has 2 rings (SSSR count). The molecule has 0 aliphatic heterocycles. The fourth-order valence-corrected chi connectivity index (χ4v) is 2.30. The molecule has 0 amide bonds. The molecule has 0 fully saturated rings. The minimum atomic E-state index is -5.98. The van der Waals surface area contributed by atoms with Crippen molar-refractivity contribution in [3.05, 3.63) is 35.1 Å². The summed E-state index contributed by atoms with van der Waals surface area (Å²) in [6.45, 7) is 0. The highest BCUT2D eigenvalue weighted by Crippen LogP contribution is 2.39. The summed E-state index contributed by atoms with van der Waals surface area (Å²) in [4.78, 5) is 0. The summed E-state index contributed by atoms with van der Waals surface area (Å²) in [6, 6.07) is 3.67. The van der Waals surface area contributed by atoms with Crippen LogP contribution < -0.4 is 4.18 Å². The van der Waals surface area contributed by atoms with Gasteiger partial charge in [-0.15, -0.1) is 0 Å². The third-order valence-corrected chi connectivity index (χ3v) is 3.77. The van der Waals surface area contributed by atoms with Crippen molar-refractivity contribution in [2.45, 2.75) is 5.51 Å². The fourth-order valence-electron chi connectivity index (χ4n) is 1.57. The number of hydrogen-bond acceptors (Lipinski definition) is 4. The lowest BCUT2D eigenvalue weighted by Gasteiger charge is -2.13. The number of phenols is 1. The van der Waals surface area contributed by atoms with Gasteiger partial charge in [0.1, 0.15) is 11.6 Å². The summed E-state index contributed by atoms with van der Waals surface area (Å²) in [6.07, 6.45) is 0. The van der Waals surface area contributed by atoms with Crippen molar-refractivity contribution < 1.29 is 35.3 Å². The molecule has 0 heterocycles. The van der Waals surface area contributed by atoms with Crippen LogP contribution in [0.5, 0.6) is 11.5 Å². The van der Waals surface area contributed by atoms with Crippen LogP contribution in [0.15, 0.2) is 24.3 Å². The molecule has 1 N–H and O–H groups in total. The molecule has 0 saturated heterocycles. The van der Waals surface area contributed by atoms with E-state index < -0.39 is 43.4 Å². The number of fused-ring (bicyclic) bond motifs is 1. The van der Waals surface area contributed by atoms with Crippen LogP contribution in [0.25, 0.3) is 10.8 Å². The Bertz CT molecular complexity index is 817. The standard InChI is InChI=1S/C11H5ClF4O4S/c12-10-7(13)2-1-5-3-6(17)4-8(9(5)10)20-21(18,19)11(14,15)16/h1-4,17H. The molecular formula is C11H5ClF4O4S. The normalized spacial score (nSPS) is 12.6. The highest BCUT2D eigenvalue weighted by molar-refractivity contribution is 7.88. The van der Waals surface area contributed by atoms with Crippen molar-refractivity contribution in [3.63, 3.8) is 0 Å². The van der Waals surface area contributed by atoms with E-state index >= 15 is 0 Å². The molecule has 0 saturated carbocycles. The van der Waals surface area contributed by atoms with Gasteiger partial charge in [0.2, 0.25) is 0 Å². The van der Waals surface area contributed by atoms with Gasteiger partial charge in [0, 0.05) is 11.5 Å². The van der Waals surface area contributed by atoms with Crippen LogP contribution in [0.1, 0.15) is 0 Å². The first kappa shape index (κ1) is 15.6. The van der Waals surface area contributed by atoms with E-state index in [4.69, 9.17) is 11.6 Å². The Balaban J connectivity index is 2.72. The van der Waals surface area contributed by atoms with Crippen molar-refractivity contribution >= 4 is 32.5 Å². The zero-order chi connectivity index (χ0) is 16.0. The first-order chi connectivity index (χ1) is 9.53. The molecule has 2 aromatic rings. The lowest BCUT2D eigenvalue weighted by Crippen LogP contribution is -2.28. The number of halogens is 5. The van der Waals surface area contributed by atoms with Crippen molar-refractivity contribution in [1.29, 1.82) is 0 Å². The van der Waals surface area contributed by atoms with Crippen LogP contribution in [0.4, 0.5) is 17.6 Å². The maximum Gasteiger partial charge on any atom is 0.534 e. The number of hydrogen-bond donors (Lipinski definition) is 1. The minimum Gasteiger partial charge on any atom is -0.508 e. The second-order valence-corrected chi connectivity index (χ2v) is 5.80. The molecule has 2 aromatic carbocycles. The fraction of sp³-hybridized carbons (Fsp3) is 0.0909. The zero-order valence-electron chi connectivity index (χ0n) is 9.78. The van der Waals surface area contributed by atoms with Crippen LogP contribution in [0.3, 0.4) is 0 Å². The largest absolute Gasteiger partial charge is 0.534 e. The average molecular weight is 345 g/mol. The van der Waals surface area contributed by atoms with Crippen molar-refractivity contribution in [3.8, 4) is 11.5 Å². The van der Waals surface area contributed by atoms with Crippen LogP contribution >= 0.6 is 11.6 Å². The molecule has 0 aliphatic carbocycles. The molecule has 0 bridgehead atoms. The van der Waals surface area contributed by atoms with E-state index in [9.17, 15) is 31.1 Å². The van der Waals surface area contributed by atoms with Gasteiger partial charge in [-0.3, -0.25) is 0 Å². The topological polar surface area (TPSA) is 63.6 Å². The van der Waals surface area contributed by atoms with E-state index in [1.54, 1.807) is 0 Å². The highest BCUT2D eigenvalue weighted by atomic mass is 35.5. The number of rotatable bonds is 2. The van der Waals surface area contributed by atoms with Gasteiger partial charge < -0.3 is 9.29 Å². The monoisotopic (exact) mass is 344 g/mol. The van der Waals surface area contributed by atoms with Crippen LogP contribution in [-0.2, 0) is 10.1 Å². The van der Waals surface area contributed by atoms with Gasteiger partial charge in [-0.25, -0.2) is 4.39 Å². The van der Waals surface area contributed by atoms with Crippen molar-refractivity contribution in [1.82, 2.24) is 0 Å². The van der Waals surface area contributed by atoms with E-state index in [-0.39, 0.29) is 5.39 Å². The van der Waals surface area contributed by atoms with E-state index in [1.807, 2.05) is 0 Å². The van der Waals surface area contributed by atoms with Gasteiger partial charge in [-0.05, 0) is 17.5 Å². The van der Waals surface area contributed by atoms with Crippen LogP contribution in [0.2, 0.25) is 5.02 Å². The second-order valence-electron chi connectivity index (χ2n) is 3.89. The summed E-state index contributed by atoms with van der Waals surface area (Å²) in [5, 5.41) is 8.36. The van der Waals surface area contributed by atoms with E-state index in [0.29, 0.717) is 6.07 Å². The molecule has 0 aromatic heterocycles. The molecule has 0 radical (unpaired) electrons. The highest BCUT2D eigenvalue weighted by Gasteiger charge is 2.48. The average Bonchev–Trinajstić information content (AvgIpc) is 2.31. The van der Waals surface area contributed by atoms with Crippen molar-refractivity contribution in [2.24, 2.45) is 0 Å². The Morgan fingerprint density at radius 3 is 2.38 bits per heavy atom. The molecule has 0 spiro atoms. The first-order valence-corrected chi connectivity index (χ1v) is 6.93. The number of aromatic hydroxyl groups is 1. The number of phenolic OH excluding ortho intramolecular Hbond substituents is 1. The quantitative estimate of drug-likeness (QED) is 0.514. The third kappa shape index (κ3) is 2.84. The number of alkyl halides is 3. The second kappa shape index (κ2) is 4.92. The van der Waals surface area contributed by atoms with Gasteiger partial charge in [0.15, 0.2) is 5.75 Å². The van der Waals surface area contributed by atoms with Crippen LogP contribution in [0, 0.1) is 5.82 Å². The van der Waals surface area contributed by atoms with E-state index in [2.05, 4.69) is 4.18 Å². The van der Waals surface area contributed by atoms with E-state index in [1.165, 1.54) is 0 Å². The Hall–Kier alpha value is -1.74. The number of benzene rings is 2. The van der Waals surface area contributed by atoms with Gasteiger partial charge in [0.25, 0.3) is 0 Å². The molecule has 21 heavy (non-hydrogen) atoms. The Labute approximate surface area is 120 Å². The molecule has 114 valence electrons. The SMILES string of the molecule is O=S(=O)(Oc1cc(O)cc2ccc(F)c(Cl)c12)C(F)(F)F. The molecule has 0 atom stereocenters. The lowest BCUT2D eigenvalue weighted by atomic mass is 10.1. The molecule has 4 nitrogen and oxygen atoms in total. The molecule has 0 aliphatic rings. The Morgan fingerprint density at radius 1 is 1.19 bits per heavy atom. The van der Waals surface area contributed by atoms with Gasteiger partial charge >= 0.3 is 15.6 Å². The minimum absolute atomic E-state index is 0.00812. The van der Waals surface area contributed by atoms with E-state index in [0.717, 1.165) is 18.2 Å².